The molecule has 1 aromatic heterocycles. The van der Waals surface area contributed by atoms with Crippen molar-refractivity contribution in [3.8, 4) is 11.5 Å². The van der Waals surface area contributed by atoms with E-state index in [0.29, 0.717) is 0 Å². The zero-order valence-electron chi connectivity index (χ0n) is 10.4. The Morgan fingerprint density at radius 3 is 2.48 bits per heavy atom. The van der Waals surface area contributed by atoms with Crippen molar-refractivity contribution < 1.29 is 37.0 Å². The highest BCUT2D eigenvalue weighted by molar-refractivity contribution is 5.86. The van der Waals surface area contributed by atoms with Crippen LogP contribution in [0.5, 0.6) is 11.5 Å². The molecule has 112 valence electrons. The van der Waals surface area contributed by atoms with Crippen molar-refractivity contribution in [1.29, 1.82) is 0 Å². The van der Waals surface area contributed by atoms with E-state index < -0.39 is 18.1 Å². The molecule has 0 amide bonds. The molecular formula is C13H9F3O5. The third-order valence-electron chi connectivity index (χ3n) is 2.40. The van der Waals surface area contributed by atoms with Gasteiger partial charge in [-0.3, -0.25) is 0 Å². The summed E-state index contributed by atoms with van der Waals surface area (Å²) in [5.41, 5.74) is 0.198. The average Bonchev–Trinajstić information content (AvgIpc) is 2.84. The van der Waals surface area contributed by atoms with Crippen LogP contribution in [0.25, 0.3) is 0 Å². The van der Waals surface area contributed by atoms with E-state index in [2.05, 4.69) is 4.74 Å². The van der Waals surface area contributed by atoms with Crippen LogP contribution in [0.4, 0.5) is 13.2 Å². The summed E-state index contributed by atoms with van der Waals surface area (Å²) in [4.78, 5) is 10.8. The van der Waals surface area contributed by atoms with Crippen molar-refractivity contribution in [2.24, 2.45) is 0 Å². The Hall–Kier alpha value is -2.64. The second-order valence-electron chi connectivity index (χ2n) is 3.86. The minimum Gasteiger partial charge on any atom is -0.485 e. The largest absolute Gasteiger partial charge is 0.573 e. The van der Waals surface area contributed by atoms with Crippen LogP contribution in [0.3, 0.4) is 0 Å². The molecule has 8 heteroatoms. The van der Waals surface area contributed by atoms with Gasteiger partial charge in [0.1, 0.15) is 6.61 Å². The lowest BCUT2D eigenvalue weighted by molar-refractivity contribution is -0.275. The molecule has 0 saturated heterocycles. The smallest absolute Gasteiger partial charge is 0.485 e. The fourth-order valence-electron chi connectivity index (χ4n) is 1.57. The number of alkyl halides is 3. The Labute approximate surface area is 116 Å². The molecule has 0 unspecified atom stereocenters. The number of carbonyl (C=O) groups is 1. The maximum Gasteiger partial charge on any atom is 0.573 e. The van der Waals surface area contributed by atoms with Gasteiger partial charge in [0.15, 0.2) is 11.5 Å². The van der Waals surface area contributed by atoms with Gasteiger partial charge in [-0.1, -0.05) is 12.1 Å². The summed E-state index contributed by atoms with van der Waals surface area (Å²) in [5.74, 6) is -2.29. The van der Waals surface area contributed by atoms with E-state index in [0.717, 1.165) is 12.3 Å². The van der Waals surface area contributed by atoms with E-state index in [1.54, 1.807) is 0 Å². The van der Waals surface area contributed by atoms with Crippen LogP contribution in [0.1, 0.15) is 16.1 Å². The second-order valence-corrected chi connectivity index (χ2v) is 3.86. The van der Waals surface area contributed by atoms with Crippen molar-refractivity contribution >= 4 is 5.97 Å². The lowest BCUT2D eigenvalue weighted by Gasteiger charge is -2.13. The minimum atomic E-state index is -4.85. The van der Waals surface area contributed by atoms with Crippen LogP contribution < -0.4 is 9.47 Å². The number of hydrogen-bond acceptors (Lipinski definition) is 4. The molecule has 0 radical (unpaired) electrons. The Kier molecular flexibility index (Phi) is 4.06. The Balaban J connectivity index is 2.13. The van der Waals surface area contributed by atoms with Gasteiger partial charge in [-0.15, -0.1) is 13.2 Å². The van der Waals surface area contributed by atoms with Crippen LogP contribution in [0, 0.1) is 0 Å². The third kappa shape index (κ3) is 3.91. The Bertz CT molecular complexity index is 633. The van der Waals surface area contributed by atoms with E-state index in [-0.39, 0.29) is 23.7 Å². The van der Waals surface area contributed by atoms with Crippen LogP contribution in [-0.4, -0.2) is 17.4 Å². The summed E-state index contributed by atoms with van der Waals surface area (Å²) in [7, 11) is 0. The normalized spacial score (nSPS) is 11.2. The molecule has 0 aliphatic rings. The molecule has 0 bridgehead atoms. The monoisotopic (exact) mass is 302 g/mol. The predicted octanol–water partition coefficient (Wildman–Crippen LogP) is 3.46. The van der Waals surface area contributed by atoms with Crippen LogP contribution in [0.2, 0.25) is 0 Å². The molecular weight excluding hydrogens is 293 g/mol. The Morgan fingerprint density at radius 1 is 1.19 bits per heavy atom. The van der Waals surface area contributed by atoms with E-state index in [4.69, 9.17) is 14.3 Å². The summed E-state index contributed by atoms with van der Waals surface area (Å²) in [5, 5.41) is 8.84. The summed E-state index contributed by atoms with van der Waals surface area (Å²) < 4.78 is 50.4. The average molecular weight is 302 g/mol. The predicted molar refractivity (Wildman–Crippen MR) is 63.1 cm³/mol. The standard InChI is InChI=1S/C13H9F3O5/c14-13(15,16)21-10-4-2-1-3-9(10)20-7-8-5-6-19-11(8)12(17)18/h1-6H,7H2,(H,17,18). The number of aromatic carboxylic acids is 1. The molecule has 2 rings (SSSR count). The van der Waals surface area contributed by atoms with Gasteiger partial charge < -0.3 is 19.0 Å². The number of ether oxygens (including phenoxy) is 2. The second kappa shape index (κ2) is 5.78. The number of furan rings is 1. The van der Waals surface area contributed by atoms with Gasteiger partial charge in [0.2, 0.25) is 5.76 Å². The van der Waals surface area contributed by atoms with Crippen LogP contribution >= 0.6 is 0 Å². The number of halogens is 3. The number of carboxylic acid groups (broad SMARTS) is 1. The number of benzene rings is 1. The molecule has 0 spiro atoms. The number of carboxylic acids is 1. The first kappa shape index (κ1) is 14.8. The van der Waals surface area contributed by atoms with Gasteiger partial charge in [-0.05, 0) is 18.2 Å². The van der Waals surface area contributed by atoms with E-state index >= 15 is 0 Å². The molecule has 0 saturated carbocycles. The highest BCUT2D eigenvalue weighted by Gasteiger charge is 2.32. The topological polar surface area (TPSA) is 68.9 Å². The maximum absolute atomic E-state index is 12.2. The highest BCUT2D eigenvalue weighted by Crippen LogP contribution is 2.32. The first-order chi connectivity index (χ1) is 9.87. The summed E-state index contributed by atoms with van der Waals surface area (Å²) >= 11 is 0. The molecule has 1 aromatic carbocycles. The molecule has 1 heterocycles. The van der Waals surface area contributed by atoms with Crippen molar-refractivity contribution in [3.05, 3.63) is 47.9 Å². The zero-order chi connectivity index (χ0) is 15.5. The number of para-hydroxylation sites is 2. The first-order valence-corrected chi connectivity index (χ1v) is 5.64. The van der Waals surface area contributed by atoms with Gasteiger partial charge in [0, 0.05) is 5.56 Å². The molecule has 2 aromatic rings. The zero-order valence-corrected chi connectivity index (χ0v) is 10.4. The molecule has 5 nitrogen and oxygen atoms in total. The molecule has 0 atom stereocenters. The van der Waals surface area contributed by atoms with Crippen molar-refractivity contribution in [1.82, 2.24) is 0 Å². The molecule has 0 aliphatic heterocycles. The Morgan fingerprint density at radius 2 is 1.86 bits per heavy atom. The number of rotatable bonds is 5. The molecule has 1 N–H and O–H groups in total. The van der Waals surface area contributed by atoms with Gasteiger partial charge >= 0.3 is 12.3 Å². The summed E-state index contributed by atoms with van der Waals surface area (Å²) in [6.45, 7) is -0.267. The number of hydrogen-bond donors (Lipinski definition) is 1. The van der Waals surface area contributed by atoms with Gasteiger partial charge in [0.05, 0.1) is 6.26 Å². The SMILES string of the molecule is O=C(O)c1occc1COc1ccccc1OC(F)(F)F. The van der Waals surface area contributed by atoms with Crippen molar-refractivity contribution in [2.75, 3.05) is 0 Å². The quantitative estimate of drug-likeness (QED) is 0.916. The van der Waals surface area contributed by atoms with Gasteiger partial charge in [-0.2, -0.15) is 0 Å². The van der Waals surface area contributed by atoms with Gasteiger partial charge in [-0.25, -0.2) is 4.79 Å². The first-order valence-electron chi connectivity index (χ1n) is 5.64. The molecule has 0 fully saturated rings. The summed E-state index contributed by atoms with van der Waals surface area (Å²) in [6.07, 6.45) is -3.69. The minimum absolute atomic E-state index is 0.160. The van der Waals surface area contributed by atoms with E-state index in [9.17, 15) is 18.0 Å². The highest BCUT2D eigenvalue weighted by atomic mass is 19.4. The third-order valence-corrected chi connectivity index (χ3v) is 2.40. The molecule has 0 aliphatic carbocycles. The fraction of sp³-hybridized carbons (Fsp3) is 0.154. The van der Waals surface area contributed by atoms with Crippen molar-refractivity contribution in [3.63, 3.8) is 0 Å². The summed E-state index contributed by atoms with van der Waals surface area (Å²) in [6, 6.07) is 6.55. The lowest BCUT2D eigenvalue weighted by atomic mass is 10.2. The lowest BCUT2D eigenvalue weighted by Crippen LogP contribution is -2.17. The van der Waals surface area contributed by atoms with Gasteiger partial charge in [0.25, 0.3) is 0 Å². The maximum atomic E-state index is 12.2. The fourth-order valence-corrected chi connectivity index (χ4v) is 1.57. The molecule has 21 heavy (non-hydrogen) atoms. The van der Waals surface area contributed by atoms with Crippen LogP contribution in [-0.2, 0) is 6.61 Å². The van der Waals surface area contributed by atoms with Crippen molar-refractivity contribution in [2.45, 2.75) is 13.0 Å². The van der Waals surface area contributed by atoms with Crippen LogP contribution in [0.15, 0.2) is 41.0 Å². The van der Waals surface area contributed by atoms with E-state index in [1.807, 2.05) is 0 Å². The van der Waals surface area contributed by atoms with E-state index in [1.165, 1.54) is 24.3 Å².